The molecule has 78 heavy (non-hydrogen) atoms. The van der Waals surface area contributed by atoms with Gasteiger partial charge < -0.3 is 18.8 Å². The molecule has 0 spiro atoms. The van der Waals surface area contributed by atoms with E-state index in [0.717, 1.165) is 87.8 Å². The number of hydrogen-bond acceptors (Lipinski definition) is 3. The Balaban J connectivity index is 0.00000739. The molecule has 0 N–H and O–H groups in total. The number of para-hydroxylation sites is 3. The maximum Gasteiger partial charge on any atom is 0.135 e. The predicted molar refractivity (Wildman–Crippen MR) is 324 cm³/mol. The van der Waals surface area contributed by atoms with Gasteiger partial charge in [0.05, 0.1) is 0 Å². The van der Waals surface area contributed by atoms with Gasteiger partial charge in [0.2, 0.25) is 0 Å². The van der Waals surface area contributed by atoms with Gasteiger partial charge in [-0.05, 0) is 141 Å². The Morgan fingerprint density at radius 1 is 0.474 bits per heavy atom. The summed E-state index contributed by atoms with van der Waals surface area (Å²) in [6.45, 7) is 3.96. The van der Waals surface area contributed by atoms with Crippen LogP contribution in [0.25, 0.3) is 93.2 Å². The van der Waals surface area contributed by atoms with Gasteiger partial charge in [0.15, 0.2) is 0 Å². The molecule has 0 saturated heterocycles. The van der Waals surface area contributed by atoms with Gasteiger partial charge in [0.25, 0.3) is 0 Å². The first-order valence-electron chi connectivity index (χ1n) is 30.6. The number of hydrogen-bond donors (Lipinski definition) is 0. The fourth-order valence-corrected chi connectivity index (χ4v) is 11.2. The van der Waals surface area contributed by atoms with Crippen LogP contribution in [0.2, 0.25) is 0 Å². The van der Waals surface area contributed by atoms with Crippen molar-refractivity contribution in [2.45, 2.75) is 78.3 Å². The average Bonchev–Trinajstić information content (AvgIpc) is 1.07. The Kier molecular flexibility index (Phi) is 10.1. The van der Waals surface area contributed by atoms with Crippen molar-refractivity contribution in [1.29, 1.82) is 0 Å². The number of benzene rings is 9. The van der Waals surface area contributed by atoms with Crippen LogP contribution in [-0.4, -0.2) is 14.1 Å². The van der Waals surface area contributed by atoms with Gasteiger partial charge >= 0.3 is 0 Å². The van der Waals surface area contributed by atoms with Gasteiger partial charge in [-0.1, -0.05) is 207 Å². The van der Waals surface area contributed by atoms with Crippen LogP contribution in [0.5, 0.6) is 11.5 Å². The molecule has 0 fully saturated rings. The summed E-state index contributed by atoms with van der Waals surface area (Å²) in [5.74, 6) is 1.71. The summed E-state index contributed by atoms with van der Waals surface area (Å²) in [4.78, 5) is 6.96. The number of anilines is 2. The predicted octanol–water partition coefficient (Wildman–Crippen LogP) is 19.5. The first-order chi connectivity index (χ1) is 40.8. The molecular weight excluding hydrogens is 1130 g/mol. The molecule has 13 rings (SSSR count). The molecule has 0 aliphatic carbocycles. The fraction of sp³-hybridized carbons (Fsp3) is 0.167. The first-order valence-corrected chi connectivity index (χ1v) is 26.1. The molecule has 0 unspecified atom stereocenters. The zero-order valence-corrected chi connectivity index (χ0v) is 46.4. The fourth-order valence-electron chi connectivity index (χ4n) is 11.2. The molecule has 5 nitrogen and oxygen atoms in total. The van der Waals surface area contributed by atoms with Crippen LogP contribution in [0, 0.1) is 18.8 Å². The molecule has 0 saturated carbocycles. The van der Waals surface area contributed by atoms with Crippen molar-refractivity contribution < 1.29 is 38.1 Å². The maximum absolute atomic E-state index is 8.88. The summed E-state index contributed by atoms with van der Waals surface area (Å²) in [6, 6.07) is 71.7. The molecule has 0 bridgehead atoms. The first kappa shape index (κ1) is 41.0. The molecule has 388 valence electrons. The summed E-state index contributed by atoms with van der Waals surface area (Å²) < 4.78 is 91.0. The second-order valence-electron chi connectivity index (χ2n) is 22.3. The van der Waals surface area contributed by atoms with Gasteiger partial charge in [-0.25, -0.2) is 4.98 Å². The SMILES string of the molecule is [2H]C([2H])([2H])C(c1cc(-c2cccc3c4cc(-c5ccccc5)ccc4c4ccccc4c4cccc5c4n(c23)[CH-]N5c2[c-]c(Oc3[c-]c4c(cc3)c3ccccc3n4-c3cc(C(C)(C)C)ccn3)ccc2)cc(C(C)(C)C)c1)(C([2H])([2H])[2H])C([2H])([2H])[2H].[Pt]. The van der Waals surface area contributed by atoms with Crippen molar-refractivity contribution in [2.75, 3.05) is 4.90 Å². The summed E-state index contributed by atoms with van der Waals surface area (Å²) in [5.41, 5.74) is 5.20. The molecular formula is C72H61N4OPt-3. The molecule has 6 heteroatoms. The number of ether oxygens (including phenoxy) is 1. The quantitative estimate of drug-likeness (QED) is 0.156. The normalized spacial score (nSPS) is 14.8. The smallest absolute Gasteiger partial charge is 0.135 e. The van der Waals surface area contributed by atoms with E-state index in [2.05, 4.69) is 138 Å². The minimum absolute atomic E-state index is 0. The largest absolute Gasteiger partial charge is 0.509 e. The van der Waals surface area contributed by atoms with Crippen LogP contribution in [0.4, 0.5) is 11.4 Å². The van der Waals surface area contributed by atoms with Crippen molar-refractivity contribution >= 4 is 76.5 Å². The van der Waals surface area contributed by atoms with Crippen molar-refractivity contribution in [1.82, 2.24) is 14.1 Å². The minimum Gasteiger partial charge on any atom is -0.509 e. The monoisotopic (exact) mass is 1200 g/mol. The van der Waals surface area contributed by atoms with E-state index in [0.29, 0.717) is 39.4 Å². The van der Waals surface area contributed by atoms with Gasteiger partial charge in [-0.15, -0.1) is 35.7 Å². The van der Waals surface area contributed by atoms with E-state index < -0.39 is 31.4 Å². The zero-order valence-electron chi connectivity index (χ0n) is 53.1. The Labute approximate surface area is 485 Å². The third kappa shape index (κ3) is 8.79. The Morgan fingerprint density at radius 2 is 1.10 bits per heavy atom. The molecule has 0 amide bonds. The molecule has 1 aliphatic heterocycles. The molecule has 0 radical (unpaired) electrons. The maximum atomic E-state index is 8.88. The van der Waals surface area contributed by atoms with Crippen molar-refractivity contribution in [2.24, 2.45) is 0 Å². The summed E-state index contributed by atoms with van der Waals surface area (Å²) in [6.07, 6.45) is 1.86. The van der Waals surface area contributed by atoms with Gasteiger partial charge in [0.1, 0.15) is 5.82 Å². The molecule has 1 aliphatic rings. The van der Waals surface area contributed by atoms with E-state index in [9.17, 15) is 0 Å². The van der Waals surface area contributed by atoms with Crippen LogP contribution in [0.3, 0.4) is 0 Å². The Morgan fingerprint density at radius 3 is 1.86 bits per heavy atom. The second-order valence-corrected chi connectivity index (χ2v) is 22.3. The third-order valence-electron chi connectivity index (χ3n) is 15.1. The van der Waals surface area contributed by atoms with Crippen molar-refractivity contribution in [3.05, 3.63) is 236 Å². The van der Waals surface area contributed by atoms with E-state index in [-0.39, 0.29) is 32.0 Å². The molecule has 12 aromatic rings. The number of nitrogens with zero attached hydrogens (tertiary/aromatic N) is 4. The van der Waals surface area contributed by atoms with E-state index >= 15 is 0 Å². The third-order valence-corrected chi connectivity index (χ3v) is 15.1. The Hall–Kier alpha value is -8.11. The average molecular weight is 1200 g/mol. The number of rotatable bonds is 6. The molecule has 0 atom stereocenters. The van der Waals surface area contributed by atoms with Crippen LogP contribution in [-0.2, 0) is 37.3 Å². The number of fused-ring (bicyclic) bond motifs is 10. The van der Waals surface area contributed by atoms with Gasteiger partial charge in [-0.2, -0.15) is 12.1 Å². The van der Waals surface area contributed by atoms with Crippen molar-refractivity contribution in [3.8, 4) is 39.6 Å². The van der Waals surface area contributed by atoms with Crippen LogP contribution >= 0.6 is 0 Å². The van der Waals surface area contributed by atoms with Crippen molar-refractivity contribution in [3.63, 3.8) is 0 Å². The van der Waals surface area contributed by atoms with E-state index in [1.807, 2.05) is 125 Å². The standard InChI is InChI=1S/C72H61N4O.Pt/c1-70(2,3)49-36-37-73-67(42-49)76-64-30-16-15-26-59(64)60-35-33-54(44-66(60)76)77-53-23-17-22-52(43-53)74-45-75-68-55(48-38-50(71(4,5)6)41-51(39-48)72(7,8)9)27-18-28-62(68)63-40-47(46-20-11-10-12-21-46)32-34-58(63)56-24-13-14-25-57(56)61-29-19-31-65(74)69(61)75;/h10-42,45H,1-9H3;/q-3;/i4D3,5D3,6D3;. The van der Waals surface area contributed by atoms with Crippen LogP contribution < -0.4 is 9.64 Å². The van der Waals surface area contributed by atoms with Gasteiger partial charge in [0, 0.05) is 62.3 Å². The minimum atomic E-state index is -3.49. The molecule has 4 heterocycles. The summed E-state index contributed by atoms with van der Waals surface area (Å²) in [7, 11) is 0. The summed E-state index contributed by atoms with van der Waals surface area (Å²) >= 11 is 0. The van der Waals surface area contributed by atoms with E-state index in [1.165, 1.54) is 12.1 Å². The number of aromatic nitrogens is 3. The van der Waals surface area contributed by atoms with Gasteiger partial charge in [-0.3, -0.25) is 0 Å². The van der Waals surface area contributed by atoms with Crippen LogP contribution in [0.15, 0.2) is 200 Å². The molecule has 3 aromatic heterocycles. The van der Waals surface area contributed by atoms with Crippen LogP contribution in [0.1, 0.15) is 91.1 Å². The number of pyridine rings is 1. The zero-order chi connectivity index (χ0) is 60.5. The van der Waals surface area contributed by atoms with E-state index in [1.54, 1.807) is 0 Å². The molecule has 9 aromatic carbocycles. The Bertz CT molecular complexity index is 4740. The summed E-state index contributed by atoms with van der Waals surface area (Å²) in [5, 5.41) is 7.65. The van der Waals surface area contributed by atoms with E-state index in [4.69, 9.17) is 22.1 Å². The topological polar surface area (TPSA) is 35.2 Å². The second kappa shape index (κ2) is 19.1.